The summed E-state index contributed by atoms with van der Waals surface area (Å²) < 4.78 is 0. The van der Waals surface area contributed by atoms with E-state index in [0.29, 0.717) is 6.42 Å². The molecule has 0 bridgehead atoms. The average Bonchev–Trinajstić information content (AvgIpc) is 2.35. The lowest BCUT2D eigenvalue weighted by Gasteiger charge is -2.22. The Balaban J connectivity index is 2.09. The molecule has 1 aliphatic carbocycles. The fourth-order valence-electron chi connectivity index (χ4n) is 1.99. The van der Waals surface area contributed by atoms with Gasteiger partial charge < -0.3 is 5.32 Å². The summed E-state index contributed by atoms with van der Waals surface area (Å²) in [5.74, 6) is -0.134. The van der Waals surface area contributed by atoms with Crippen molar-refractivity contribution in [3.8, 4) is 0 Å². The number of unbranched alkanes of at least 4 members (excludes halogenated alkanes) is 1. The van der Waals surface area contributed by atoms with Crippen molar-refractivity contribution >= 4 is 11.9 Å². The van der Waals surface area contributed by atoms with Crippen LogP contribution >= 0.6 is 0 Å². The van der Waals surface area contributed by atoms with Crippen LogP contribution in [0, 0.1) is 0 Å². The van der Waals surface area contributed by atoms with Crippen LogP contribution in [-0.2, 0) is 4.79 Å². The molecular weight excluding hydrogens is 218 g/mol. The topological polar surface area (TPSA) is 70.2 Å². The second-order valence-corrected chi connectivity index (χ2v) is 4.59. The normalized spacial score (nSPS) is 16.3. The summed E-state index contributed by atoms with van der Waals surface area (Å²) in [5, 5.41) is 2.87. The number of amides is 3. The van der Waals surface area contributed by atoms with Gasteiger partial charge in [0.2, 0.25) is 5.91 Å². The highest BCUT2D eigenvalue weighted by Crippen LogP contribution is 2.16. The second kappa shape index (κ2) is 7.92. The molecule has 0 aliphatic heterocycles. The Bertz CT molecular complexity index is 250. The van der Waals surface area contributed by atoms with E-state index >= 15 is 0 Å². The van der Waals surface area contributed by atoms with Gasteiger partial charge >= 0.3 is 6.03 Å². The van der Waals surface area contributed by atoms with Crippen LogP contribution in [-0.4, -0.2) is 18.0 Å². The Morgan fingerprint density at radius 1 is 1.12 bits per heavy atom. The third kappa shape index (κ3) is 6.14. The predicted molar refractivity (Wildman–Crippen MR) is 66.2 cm³/mol. The Hall–Kier alpha value is -1.26. The first-order chi connectivity index (χ1) is 8.22. The lowest BCUT2D eigenvalue weighted by Crippen LogP contribution is -2.50. The summed E-state index contributed by atoms with van der Waals surface area (Å²) in [6, 6.07) is -0.0435. The minimum absolute atomic E-state index is 0.134. The fraction of sp³-hybridized carbons (Fsp3) is 0.833. The average molecular weight is 241 g/mol. The van der Waals surface area contributed by atoms with Crippen molar-refractivity contribution in [2.75, 3.05) is 0 Å². The lowest BCUT2D eigenvalue weighted by atomic mass is 9.96. The molecule has 0 atom stereocenters. The maximum absolute atomic E-state index is 11.5. The molecule has 1 fully saturated rings. The van der Waals surface area contributed by atoms with Gasteiger partial charge in [-0.25, -0.2) is 10.2 Å². The number of hydrogen-bond acceptors (Lipinski definition) is 2. The van der Waals surface area contributed by atoms with Gasteiger partial charge in [0.05, 0.1) is 0 Å². The highest BCUT2D eigenvalue weighted by atomic mass is 16.2. The minimum Gasteiger partial charge on any atom is -0.334 e. The molecule has 5 heteroatoms. The summed E-state index contributed by atoms with van der Waals surface area (Å²) in [7, 11) is 0. The van der Waals surface area contributed by atoms with Crippen LogP contribution in [0.5, 0.6) is 0 Å². The molecule has 3 N–H and O–H groups in total. The summed E-state index contributed by atoms with van der Waals surface area (Å²) >= 11 is 0. The molecule has 0 unspecified atom stereocenters. The number of carbonyl (C=O) groups is 2. The molecule has 0 aromatic carbocycles. The first kappa shape index (κ1) is 13.8. The monoisotopic (exact) mass is 241 g/mol. The molecule has 0 heterocycles. The van der Waals surface area contributed by atoms with Crippen LogP contribution in [0.15, 0.2) is 0 Å². The van der Waals surface area contributed by atoms with Gasteiger partial charge in [-0.3, -0.25) is 10.2 Å². The standard InChI is InChI=1S/C12H23N3O2/c1-2-3-9-11(16)14-15-12(17)13-10-7-5-4-6-8-10/h10H,2-9H2,1H3,(H,14,16)(H2,13,15,17). The van der Waals surface area contributed by atoms with Gasteiger partial charge in [-0.05, 0) is 19.3 Å². The first-order valence-corrected chi connectivity index (χ1v) is 6.57. The van der Waals surface area contributed by atoms with Crippen LogP contribution in [0.4, 0.5) is 4.79 Å². The van der Waals surface area contributed by atoms with Crippen molar-refractivity contribution in [1.29, 1.82) is 0 Å². The van der Waals surface area contributed by atoms with Gasteiger partial charge in [0.15, 0.2) is 0 Å². The van der Waals surface area contributed by atoms with E-state index in [-0.39, 0.29) is 18.0 Å². The van der Waals surface area contributed by atoms with Gasteiger partial charge in [0, 0.05) is 12.5 Å². The largest absolute Gasteiger partial charge is 0.334 e. The van der Waals surface area contributed by atoms with Gasteiger partial charge in [0.1, 0.15) is 0 Å². The van der Waals surface area contributed by atoms with Crippen molar-refractivity contribution < 1.29 is 9.59 Å². The van der Waals surface area contributed by atoms with E-state index in [9.17, 15) is 9.59 Å². The SMILES string of the molecule is CCCCC(=O)NNC(=O)NC1CCCCC1. The quantitative estimate of drug-likeness (QED) is 0.657. The summed E-state index contributed by atoms with van der Waals surface area (Å²) in [4.78, 5) is 22.7. The molecule has 17 heavy (non-hydrogen) atoms. The third-order valence-electron chi connectivity index (χ3n) is 3.01. The lowest BCUT2D eigenvalue weighted by molar-refractivity contribution is -0.121. The number of nitrogens with one attached hydrogen (secondary N) is 3. The summed E-state index contributed by atoms with van der Waals surface area (Å²) in [5.41, 5.74) is 4.79. The molecule has 5 nitrogen and oxygen atoms in total. The number of rotatable bonds is 4. The van der Waals surface area contributed by atoms with Crippen LogP contribution in [0.25, 0.3) is 0 Å². The summed E-state index contributed by atoms with van der Waals surface area (Å²) in [6.07, 6.45) is 7.96. The zero-order valence-electron chi connectivity index (χ0n) is 10.6. The van der Waals surface area contributed by atoms with E-state index in [4.69, 9.17) is 0 Å². The van der Waals surface area contributed by atoms with Crippen molar-refractivity contribution in [2.24, 2.45) is 0 Å². The second-order valence-electron chi connectivity index (χ2n) is 4.59. The van der Waals surface area contributed by atoms with Crippen molar-refractivity contribution in [3.63, 3.8) is 0 Å². The zero-order valence-corrected chi connectivity index (χ0v) is 10.6. The predicted octanol–water partition coefficient (Wildman–Crippen LogP) is 1.84. The Morgan fingerprint density at radius 3 is 2.47 bits per heavy atom. The van der Waals surface area contributed by atoms with Crippen LogP contribution in [0.2, 0.25) is 0 Å². The van der Waals surface area contributed by atoms with Crippen LogP contribution in [0.3, 0.4) is 0 Å². The highest BCUT2D eigenvalue weighted by molar-refractivity contribution is 5.81. The number of carbonyl (C=O) groups excluding carboxylic acids is 2. The zero-order chi connectivity index (χ0) is 12.5. The van der Waals surface area contributed by atoms with Crippen molar-refractivity contribution in [1.82, 2.24) is 16.2 Å². The number of hydrazine groups is 1. The maximum Gasteiger partial charge on any atom is 0.333 e. The fourth-order valence-corrected chi connectivity index (χ4v) is 1.99. The van der Waals surface area contributed by atoms with Gasteiger partial charge in [-0.2, -0.15) is 0 Å². The molecular formula is C12H23N3O2. The van der Waals surface area contributed by atoms with Gasteiger partial charge in [-0.1, -0.05) is 32.6 Å². The molecule has 0 aromatic heterocycles. The number of urea groups is 1. The van der Waals surface area contributed by atoms with Crippen molar-refractivity contribution in [3.05, 3.63) is 0 Å². The van der Waals surface area contributed by atoms with Gasteiger partial charge in [-0.15, -0.1) is 0 Å². The van der Waals surface area contributed by atoms with Crippen molar-refractivity contribution in [2.45, 2.75) is 64.3 Å². The van der Waals surface area contributed by atoms with E-state index in [1.54, 1.807) is 0 Å². The molecule has 0 radical (unpaired) electrons. The highest BCUT2D eigenvalue weighted by Gasteiger charge is 2.15. The Labute approximate surface area is 103 Å². The van der Waals surface area contributed by atoms with Crippen LogP contribution < -0.4 is 16.2 Å². The molecule has 1 rings (SSSR count). The Morgan fingerprint density at radius 2 is 1.82 bits per heavy atom. The van der Waals surface area contributed by atoms with Crippen LogP contribution in [0.1, 0.15) is 58.3 Å². The first-order valence-electron chi connectivity index (χ1n) is 6.57. The summed E-state index contributed by atoms with van der Waals surface area (Å²) in [6.45, 7) is 2.02. The minimum atomic E-state index is -0.304. The number of hydrogen-bond donors (Lipinski definition) is 3. The van der Waals surface area contributed by atoms with E-state index in [1.807, 2.05) is 6.92 Å². The van der Waals surface area contributed by atoms with E-state index in [2.05, 4.69) is 16.2 Å². The van der Waals surface area contributed by atoms with E-state index in [1.165, 1.54) is 19.3 Å². The van der Waals surface area contributed by atoms with Gasteiger partial charge in [0.25, 0.3) is 0 Å². The molecule has 3 amide bonds. The maximum atomic E-state index is 11.5. The Kier molecular flexibility index (Phi) is 6.43. The van der Waals surface area contributed by atoms with E-state index < -0.39 is 0 Å². The smallest absolute Gasteiger partial charge is 0.333 e. The molecule has 0 aromatic rings. The molecule has 1 aliphatic rings. The molecule has 0 saturated heterocycles. The molecule has 98 valence electrons. The molecule has 1 saturated carbocycles. The van der Waals surface area contributed by atoms with E-state index in [0.717, 1.165) is 25.7 Å². The third-order valence-corrected chi connectivity index (χ3v) is 3.01. The molecule has 0 spiro atoms.